The zero-order valence-electron chi connectivity index (χ0n) is 22.2. The van der Waals surface area contributed by atoms with Crippen LogP contribution in [0.4, 0.5) is 11.6 Å². The summed E-state index contributed by atoms with van der Waals surface area (Å²) in [6.07, 6.45) is 3.82. The van der Waals surface area contributed by atoms with E-state index in [2.05, 4.69) is 10.2 Å². The first kappa shape index (κ1) is 25.7. The number of ketones is 1. The van der Waals surface area contributed by atoms with Crippen LogP contribution in [0.25, 0.3) is 11.2 Å². The zero-order valence-corrected chi connectivity index (χ0v) is 22.2. The van der Waals surface area contributed by atoms with Crippen LogP contribution in [0.15, 0.2) is 39.4 Å². The number of aromatic nitrogens is 4. The fraction of sp³-hybridized carbons (Fsp3) is 0.444. The van der Waals surface area contributed by atoms with Gasteiger partial charge in [0.1, 0.15) is 0 Å². The summed E-state index contributed by atoms with van der Waals surface area (Å²) in [4.78, 5) is 59.7. The number of benzene rings is 1. The lowest BCUT2D eigenvalue weighted by Gasteiger charge is -2.31. The van der Waals surface area contributed by atoms with E-state index in [9.17, 15) is 19.2 Å². The van der Waals surface area contributed by atoms with Gasteiger partial charge in [0.05, 0.1) is 12.5 Å². The average molecular weight is 520 g/mol. The summed E-state index contributed by atoms with van der Waals surface area (Å²) in [5.74, 6) is -0.525. The molecular formula is C27H33N7O4. The van der Waals surface area contributed by atoms with E-state index in [4.69, 9.17) is 10.7 Å². The number of nitrogens with one attached hydrogen (secondary N) is 1. The lowest BCUT2D eigenvalue weighted by Crippen LogP contribution is -2.44. The second-order valence-corrected chi connectivity index (χ2v) is 10.5. The minimum Gasteiger partial charge on any atom is -0.341 e. The second-order valence-electron chi connectivity index (χ2n) is 10.5. The first-order valence-corrected chi connectivity index (χ1v) is 12.9. The van der Waals surface area contributed by atoms with Gasteiger partial charge in [0, 0.05) is 44.0 Å². The summed E-state index contributed by atoms with van der Waals surface area (Å²) < 4.78 is 4.10. The van der Waals surface area contributed by atoms with Gasteiger partial charge in [-0.15, -0.1) is 0 Å². The average Bonchev–Trinajstić information content (AvgIpc) is 3.41. The maximum absolute atomic E-state index is 13.9. The van der Waals surface area contributed by atoms with Crippen molar-refractivity contribution in [2.75, 3.05) is 23.3 Å². The van der Waals surface area contributed by atoms with Crippen LogP contribution in [0, 0.1) is 0 Å². The Kier molecular flexibility index (Phi) is 6.56. The molecule has 2 aliphatic rings. The Balaban J connectivity index is 1.64. The molecule has 5 rings (SSSR count). The van der Waals surface area contributed by atoms with Crippen LogP contribution >= 0.6 is 0 Å². The molecule has 0 spiro atoms. The van der Waals surface area contributed by atoms with E-state index in [1.807, 2.05) is 24.5 Å². The van der Waals surface area contributed by atoms with Gasteiger partial charge in [0.25, 0.3) is 5.56 Å². The molecular weight excluding hydrogens is 486 g/mol. The number of carbonyl (C=O) groups is 2. The van der Waals surface area contributed by atoms with Crippen LogP contribution in [0.3, 0.4) is 0 Å². The van der Waals surface area contributed by atoms with Crippen LogP contribution < -0.4 is 27.2 Å². The lowest BCUT2D eigenvalue weighted by atomic mass is 9.94. The predicted molar refractivity (Wildman–Crippen MR) is 146 cm³/mol. The first-order chi connectivity index (χ1) is 18.1. The van der Waals surface area contributed by atoms with Crippen LogP contribution in [0.5, 0.6) is 0 Å². The maximum atomic E-state index is 13.9. The Morgan fingerprint density at radius 3 is 2.68 bits per heavy atom. The van der Waals surface area contributed by atoms with Crippen molar-refractivity contribution in [2.24, 2.45) is 12.8 Å². The van der Waals surface area contributed by atoms with Crippen molar-refractivity contribution in [2.45, 2.75) is 58.7 Å². The Morgan fingerprint density at radius 2 is 1.97 bits per heavy atom. The van der Waals surface area contributed by atoms with Crippen LogP contribution in [-0.2, 0) is 24.9 Å². The van der Waals surface area contributed by atoms with Gasteiger partial charge in [0.15, 0.2) is 16.9 Å². The number of fused-ring (bicyclic) bond motifs is 2. The number of Topliss-reactive ketones (excluding diaryl/α,β-unsaturated/α-hetero) is 1. The highest BCUT2D eigenvalue weighted by Gasteiger charge is 2.32. The summed E-state index contributed by atoms with van der Waals surface area (Å²) in [6, 6.07) is 5.04. The predicted octanol–water partition coefficient (Wildman–Crippen LogP) is 1.73. The number of hydrogen-bond donors (Lipinski definition) is 2. The van der Waals surface area contributed by atoms with Crippen molar-refractivity contribution < 1.29 is 9.59 Å². The Bertz CT molecular complexity index is 1610. The highest BCUT2D eigenvalue weighted by atomic mass is 16.2. The molecule has 2 unspecified atom stereocenters. The number of carbonyl (C=O) groups excluding carboxylic acids is 2. The third-order valence-electron chi connectivity index (χ3n) is 7.43. The number of imidazole rings is 1. The third kappa shape index (κ3) is 4.26. The van der Waals surface area contributed by atoms with E-state index in [0.29, 0.717) is 35.9 Å². The molecule has 0 saturated carbocycles. The molecule has 4 heterocycles. The summed E-state index contributed by atoms with van der Waals surface area (Å²) in [6.45, 7) is 6.96. The molecule has 0 aliphatic carbocycles. The van der Waals surface area contributed by atoms with Crippen molar-refractivity contribution in [1.82, 2.24) is 18.7 Å². The number of nitrogens with zero attached hydrogens (tertiary/aromatic N) is 5. The normalized spacial score (nSPS) is 19.0. The monoisotopic (exact) mass is 519 g/mol. The van der Waals surface area contributed by atoms with Crippen molar-refractivity contribution in [1.29, 1.82) is 0 Å². The van der Waals surface area contributed by atoms with Crippen LogP contribution in [-0.4, -0.2) is 49.5 Å². The number of aryl methyl sites for hydroxylation is 1. The molecule has 1 aromatic carbocycles. The van der Waals surface area contributed by atoms with E-state index in [-0.39, 0.29) is 23.1 Å². The number of rotatable bonds is 6. The van der Waals surface area contributed by atoms with Gasteiger partial charge in [0.2, 0.25) is 11.9 Å². The van der Waals surface area contributed by atoms with E-state index in [0.717, 1.165) is 29.5 Å². The molecule has 2 aromatic heterocycles. The molecule has 200 valence electrons. The smallest absolute Gasteiger partial charge is 0.332 e. The number of anilines is 2. The van der Waals surface area contributed by atoms with Gasteiger partial charge >= 0.3 is 5.69 Å². The second kappa shape index (κ2) is 9.71. The van der Waals surface area contributed by atoms with Crippen molar-refractivity contribution in [3.63, 3.8) is 0 Å². The molecule has 2 atom stereocenters. The van der Waals surface area contributed by atoms with Gasteiger partial charge in [-0.1, -0.05) is 23.8 Å². The molecule has 1 fully saturated rings. The van der Waals surface area contributed by atoms with Crippen molar-refractivity contribution in [3.05, 3.63) is 61.8 Å². The van der Waals surface area contributed by atoms with Crippen LogP contribution in [0.2, 0.25) is 0 Å². The number of amides is 1. The molecule has 3 aromatic rings. The molecule has 1 saturated heterocycles. The number of hydrogen-bond acceptors (Lipinski definition) is 7. The van der Waals surface area contributed by atoms with Crippen molar-refractivity contribution >= 4 is 34.5 Å². The quantitative estimate of drug-likeness (QED) is 0.374. The van der Waals surface area contributed by atoms with Gasteiger partial charge < -0.3 is 20.5 Å². The summed E-state index contributed by atoms with van der Waals surface area (Å²) in [7, 11) is 1.56. The number of allylic oxidation sites excluding steroid dienone is 2. The number of piperidine rings is 1. The Labute approximate surface area is 219 Å². The first-order valence-electron chi connectivity index (χ1n) is 12.9. The third-order valence-corrected chi connectivity index (χ3v) is 7.43. The highest BCUT2D eigenvalue weighted by molar-refractivity contribution is 6.08. The molecule has 0 bridgehead atoms. The summed E-state index contributed by atoms with van der Waals surface area (Å²) >= 11 is 0. The molecule has 11 heteroatoms. The van der Waals surface area contributed by atoms with E-state index in [1.54, 1.807) is 32.2 Å². The summed E-state index contributed by atoms with van der Waals surface area (Å²) in [5, 5.41) is 2.77. The number of nitrogens with two attached hydrogens (primary N) is 1. The van der Waals surface area contributed by atoms with Crippen molar-refractivity contribution in [3.8, 4) is 0 Å². The maximum Gasteiger partial charge on any atom is 0.332 e. The van der Waals surface area contributed by atoms with Gasteiger partial charge in [-0.2, -0.15) is 4.98 Å². The molecule has 2 aliphatic heterocycles. The molecule has 3 N–H and O–H groups in total. The fourth-order valence-electron chi connectivity index (χ4n) is 5.36. The van der Waals surface area contributed by atoms with Gasteiger partial charge in [-0.25, -0.2) is 4.79 Å². The molecule has 0 radical (unpaired) electrons. The zero-order chi connectivity index (χ0) is 27.3. The van der Waals surface area contributed by atoms with Gasteiger partial charge in [-0.3, -0.25) is 23.5 Å². The summed E-state index contributed by atoms with van der Waals surface area (Å²) in [5.41, 5.74) is 8.12. The SMILES string of the molecule is CC(C)=CCn1c(N2CCCC(N)C2)nc2c1c(=O)n(CC(=O)c1cccc3c1C(C)C(=O)N3)c(=O)n2C. The minimum atomic E-state index is -0.626. The van der Waals surface area contributed by atoms with E-state index >= 15 is 0 Å². The highest BCUT2D eigenvalue weighted by Crippen LogP contribution is 2.35. The van der Waals surface area contributed by atoms with E-state index < -0.39 is 29.5 Å². The van der Waals surface area contributed by atoms with Gasteiger partial charge in [-0.05, 0) is 45.2 Å². The van der Waals surface area contributed by atoms with E-state index in [1.165, 1.54) is 4.57 Å². The Hall–Kier alpha value is -3.99. The lowest BCUT2D eigenvalue weighted by molar-refractivity contribution is -0.116. The standard InChI is InChI=1S/C27H33N7O4/c1-15(2)10-12-33-22-23(30-26(33)32-11-6-7-17(28)13-32)31(4)27(38)34(25(22)37)14-20(35)18-8-5-9-19-21(18)16(3)24(36)29-19/h5,8-10,16-17H,6-7,11-14,28H2,1-4H3,(H,29,36). The fourth-order valence-corrected chi connectivity index (χ4v) is 5.36. The molecule has 1 amide bonds. The topological polar surface area (TPSA) is 137 Å². The van der Waals surface area contributed by atoms with Crippen LogP contribution in [0.1, 0.15) is 55.5 Å². The Morgan fingerprint density at radius 1 is 1.21 bits per heavy atom. The largest absolute Gasteiger partial charge is 0.341 e. The molecule has 11 nitrogen and oxygen atoms in total. The minimum absolute atomic E-state index is 0.00470. The molecule has 38 heavy (non-hydrogen) atoms.